The van der Waals surface area contributed by atoms with Crippen molar-refractivity contribution in [3.8, 4) is 0 Å². The third-order valence-electron chi connectivity index (χ3n) is 3.74. The third-order valence-corrected chi connectivity index (χ3v) is 3.74. The number of unbranched alkanes of at least 4 members (excludes halogenated alkanes) is 10. The quantitative estimate of drug-likeness (QED) is 0.282. The first-order chi connectivity index (χ1) is 10.2. The number of hydrogen-bond donors (Lipinski definition) is 1. The van der Waals surface area contributed by atoms with Crippen molar-refractivity contribution in [1.82, 2.24) is 0 Å². The van der Waals surface area contributed by atoms with Gasteiger partial charge in [-0.05, 0) is 25.7 Å². The summed E-state index contributed by atoms with van der Waals surface area (Å²) in [5.41, 5.74) is 0. The Morgan fingerprint density at radius 2 is 1.36 bits per heavy atom. The molecule has 0 amide bonds. The van der Waals surface area contributed by atoms with Gasteiger partial charge in [0.1, 0.15) is 0 Å². The molecular weight excluding hydrogens is 303 g/mol. The van der Waals surface area contributed by atoms with Crippen LogP contribution >= 0.6 is 0 Å². The van der Waals surface area contributed by atoms with Crippen LogP contribution in [0.1, 0.15) is 96.8 Å². The smallest absolute Gasteiger partial charge is 0.876 e. The first kappa shape index (κ1) is 24.9. The zero-order valence-corrected chi connectivity index (χ0v) is 17.9. The van der Waals surface area contributed by atoms with Gasteiger partial charge >= 0.3 is 57.4 Å². The summed E-state index contributed by atoms with van der Waals surface area (Å²) in [6, 6.07) is 0. The molecule has 0 unspecified atom stereocenters. The van der Waals surface area contributed by atoms with E-state index < -0.39 is 5.97 Å². The Labute approximate surface area is 179 Å². The summed E-state index contributed by atoms with van der Waals surface area (Å²) >= 11 is 0. The van der Waals surface area contributed by atoms with Crippen molar-refractivity contribution in [3.63, 3.8) is 0 Å². The molecule has 0 fully saturated rings. The second-order valence-electron chi connectivity index (χ2n) is 5.89. The van der Waals surface area contributed by atoms with Crippen LogP contribution in [-0.4, -0.2) is 11.1 Å². The van der Waals surface area contributed by atoms with Crippen LogP contribution in [0.15, 0.2) is 11.8 Å². The molecule has 0 bridgehead atoms. The molecule has 3 nitrogen and oxygen atoms in total. The maximum Gasteiger partial charge on any atom is 1.00 e. The zero-order valence-electron chi connectivity index (χ0n) is 14.7. The van der Waals surface area contributed by atoms with E-state index in [2.05, 4.69) is 6.92 Å². The molecule has 0 spiro atoms. The molecular formula is C18H33KO3. The van der Waals surface area contributed by atoms with E-state index in [9.17, 15) is 9.90 Å². The van der Waals surface area contributed by atoms with E-state index in [0.717, 1.165) is 57.8 Å². The fourth-order valence-corrected chi connectivity index (χ4v) is 2.40. The third kappa shape index (κ3) is 20.6. The molecule has 0 atom stereocenters. The van der Waals surface area contributed by atoms with Crippen LogP contribution in [0.3, 0.4) is 0 Å². The van der Waals surface area contributed by atoms with E-state index in [1.54, 1.807) is 0 Å². The van der Waals surface area contributed by atoms with Gasteiger partial charge in [-0.3, -0.25) is 4.79 Å². The average Bonchev–Trinajstić information content (AvgIpc) is 2.45. The van der Waals surface area contributed by atoms with E-state index in [1.165, 1.54) is 19.3 Å². The van der Waals surface area contributed by atoms with E-state index in [1.807, 2.05) is 6.08 Å². The van der Waals surface area contributed by atoms with Crippen molar-refractivity contribution in [2.24, 2.45) is 0 Å². The van der Waals surface area contributed by atoms with E-state index in [4.69, 9.17) is 5.11 Å². The molecule has 0 aliphatic heterocycles. The van der Waals surface area contributed by atoms with Crippen molar-refractivity contribution in [2.75, 3.05) is 0 Å². The van der Waals surface area contributed by atoms with Gasteiger partial charge in [0.15, 0.2) is 0 Å². The van der Waals surface area contributed by atoms with E-state index in [-0.39, 0.29) is 51.4 Å². The number of carboxylic acid groups (broad SMARTS) is 1. The van der Waals surface area contributed by atoms with Gasteiger partial charge in [-0.25, -0.2) is 0 Å². The van der Waals surface area contributed by atoms with Gasteiger partial charge in [0.2, 0.25) is 0 Å². The number of allylic oxidation sites excluding steroid dienone is 2. The SMILES string of the molecule is CCCCCC/C=C(\[O-])CCCCCCCCCC(=O)O.[K+]. The fourth-order valence-electron chi connectivity index (χ4n) is 2.40. The Balaban J connectivity index is 0. The van der Waals surface area contributed by atoms with Crippen LogP contribution in [-0.2, 0) is 4.79 Å². The summed E-state index contributed by atoms with van der Waals surface area (Å²) in [6.45, 7) is 2.20. The van der Waals surface area contributed by atoms with Gasteiger partial charge in [0, 0.05) is 6.42 Å². The molecule has 0 aromatic rings. The Morgan fingerprint density at radius 3 is 1.91 bits per heavy atom. The minimum Gasteiger partial charge on any atom is -0.876 e. The standard InChI is InChI=1S/C18H34O3.K/c1-2-3-4-8-11-14-17(19)15-12-9-6-5-7-10-13-16-18(20)21;/h14,19H,2-13,15-16H2,1H3,(H,20,21);/q;+1/p-1/b17-14-;. The monoisotopic (exact) mass is 336 g/mol. The molecule has 124 valence electrons. The predicted molar refractivity (Wildman–Crippen MR) is 86.0 cm³/mol. The molecule has 4 heteroatoms. The molecule has 22 heavy (non-hydrogen) atoms. The van der Waals surface area contributed by atoms with Crippen molar-refractivity contribution in [2.45, 2.75) is 96.8 Å². The Kier molecular flexibility index (Phi) is 22.3. The summed E-state index contributed by atoms with van der Waals surface area (Å²) in [7, 11) is 0. The Hall–Kier alpha value is 0.646. The number of carboxylic acids is 1. The summed E-state index contributed by atoms with van der Waals surface area (Å²) < 4.78 is 0. The van der Waals surface area contributed by atoms with E-state index in [0.29, 0.717) is 18.6 Å². The predicted octanol–water partition coefficient (Wildman–Crippen LogP) is 1.80. The van der Waals surface area contributed by atoms with Crippen LogP contribution in [0.2, 0.25) is 0 Å². The molecule has 0 radical (unpaired) electrons. The van der Waals surface area contributed by atoms with Gasteiger partial charge in [-0.2, -0.15) is 0 Å². The van der Waals surface area contributed by atoms with Gasteiger partial charge in [0.25, 0.3) is 0 Å². The van der Waals surface area contributed by atoms with Gasteiger partial charge < -0.3 is 10.2 Å². The van der Waals surface area contributed by atoms with Crippen molar-refractivity contribution < 1.29 is 66.4 Å². The van der Waals surface area contributed by atoms with E-state index >= 15 is 0 Å². The largest absolute Gasteiger partial charge is 1.00 e. The molecule has 0 aromatic heterocycles. The topological polar surface area (TPSA) is 60.4 Å². The van der Waals surface area contributed by atoms with Gasteiger partial charge in [-0.15, -0.1) is 5.76 Å². The average molecular weight is 337 g/mol. The minimum atomic E-state index is -0.695. The second-order valence-corrected chi connectivity index (χ2v) is 5.89. The number of carbonyl (C=O) groups is 1. The Morgan fingerprint density at radius 1 is 0.864 bits per heavy atom. The normalized spacial score (nSPS) is 11.2. The Bertz CT molecular complexity index is 278. The van der Waals surface area contributed by atoms with Gasteiger partial charge in [-0.1, -0.05) is 70.8 Å². The molecule has 0 heterocycles. The summed E-state index contributed by atoms with van der Waals surface area (Å²) in [5, 5.41) is 20.1. The van der Waals surface area contributed by atoms with Crippen LogP contribution in [0.25, 0.3) is 0 Å². The first-order valence-electron chi connectivity index (χ1n) is 8.74. The molecule has 0 aromatic carbocycles. The second kappa shape index (κ2) is 19.7. The number of aliphatic carboxylic acids is 1. The van der Waals surface area contributed by atoms with Crippen LogP contribution in [0.4, 0.5) is 0 Å². The van der Waals surface area contributed by atoms with Crippen molar-refractivity contribution >= 4 is 5.97 Å². The van der Waals surface area contributed by atoms with Crippen LogP contribution in [0, 0.1) is 0 Å². The fraction of sp³-hybridized carbons (Fsp3) is 0.833. The molecule has 0 saturated heterocycles. The van der Waals surface area contributed by atoms with Crippen molar-refractivity contribution in [1.29, 1.82) is 0 Å². The zero-order chi connectivity index (χ0) is 15.8. The van der Waals surface area contributed by atoms with Gasteiger partial charge in [0.05, 0.1) is 0 Å². The summed E-state index contributed by atoms with van der Waals surface area (Å²) in [4.78, 5) is 10.3. The first-order valence-corrected chi connectivity index (χ1v) is 8.74. The summed E-state index contributed by atoms with van der Waals surface area (Å²) in [6.07, 6.45) is 16.1. The van der Waals surface area contributed by atoms with Crippen LogP contribution in [0.5, 0.6) is 0 Å². The maximum atomic E-state index is 11.6. The summed E-state index contributed by atoms with van der Waals surface area (Å²) in [5.74, 6) is -0.382. The molecule has 0 aliphatic rings. The van der Waals surface area contributed by atoms with Crippen molar-refractivity contribution in [3.05, 3.63) is 11.8 Å². The molecule has 0 rings (SSSR count). The maximum absolute atomic E-state index is 11.6. The number of hydrogen-bond acceptors (Lipinski definition) is 2. The van der Waals surface area contributed by atoms with Crippen LogP contribution < -0.4 is 56.5 Å². The molecule has 1 N–H and O–H groups in total. The molecule has 0 saturated carbocycles. The minimum absolute atomic E-state index is 0. The number of rotatable bonds is 15. The molecule has 0 aliphatic carbocycles.